The van der Waals surface area contributed by atoms with Crippen LogP contribution in [0.15, 0.2) is 48.5 Å². The fourth-order valence-electron chi connectivity index (χ4n) is 2.93. The van der Waals surface area contributed by atoms with Gasteiger partial charge in [0.1, 0.15) is 5.82 Å². The first-order valence-electron chi connectivity index (χ1n) is 7.59. The Kier molecular flexibility index (Phi) is 4.37. The molecule has 2 N–H and O–H groups in total. The van der Waals surface area contributed by atoms with Crippen molar-refractivity contribution in [3.63, 3.8) is 0 Å². The summed E-state index contributed by atoms with van der Waals surface area (Å²) in [6.45, 7) is 0.0690. The van der Waals surface area contributed by atoms with Crippen LogP contribution < -0.4 is 10.6 Å². The Bertz CT molecular complexity index is 672. The van der Waals surface area contributed by atoms with Crippen LogP contribution in [0.1, 0.15) is 30.0 Å². The minimum Gasteiger partial charge on any atom is -0.374 e. The van der Waals surface area contributed by atoms with Gasteiger partial charge in [0.15, 0.2) is 0 Å². The van der Waals surface area contributed by atoms with Crippen LogP contribution in [-0.4, -0.2) is 12.5 Å². The number of carbonyl (C=O) groups is 1. The van der Waals surface area contributed by atoms with Gasteiger partial charge in [-0.2, -0.15) is 0 Å². The summed E-state index contributed by atoms with van der Waals surface area (Å²) in [5.41, 5.74) is 2.86. The molecule has 114 valence electrons. The molecular formula is C18H19FN2O. The molecule has 3 rings (SSSR count). The minimum absolute atomic E-state index is 0.0554. The molecule has 1 atom stereocenters. The summed E-state index contributed by atoms with van der Waals surface area (Å²) in [5.74, 6) is -0.469. The van der Waals surface area contributed by atoms with E-state index in [-0.39, 0.29) is 24.3 Å². The van der Waals surface area contributed by atoms with E-state index in [4.69, 9.17) is 0 Å². The van der Waals surface area contributed by atoms with Gasteiger partial charge in [-0.1, -0.05) is 36.4 Å². The fourth-order valence-corrected chi connectivity index (χ4v) is 2.93. The molecular weight excluding hydrogens is 279 g/mol. The van der Waals surface area contributed by atoms with Gasteiger partial charge in [0.05, 0.1) is 18.3 Å². The highest BCUT2D eigenvalue weighted by Crippen LogP contribution is 2.29. The van der Waals surface area contributed by atoms with Gasteiger partial charge in [0, 0.05) is 0 Å². The van der Waals surface area contributed by atoms with Crippen molar-refractivity contribution in [2.45, 2.75) is 25.3 Å². The van der Waals surface area contributed by atoms with Gasteiger partial charge in [0.2, 0.25) is 5.91 Å². The Morgan fingerprint density at radius 2 is 1.91 bits per heavy atom. The molecule has 1 aliphatic rings. The number of rotatable bonds is 4. The van der Waals surface area contributed by atoms with E-state index in [1.54, 1.807) is 18.2 Å². The molecule has 0 heterocycles. The van der Waals surface area contributed by atoms with E-state index in [1.807, 2.05) is 12.1 Å². The first-order valence-corrected chi connectivity index (χ1v) is 7.59. The number of hydrogen-bond donors (Lipinski definition) is 2. The largest absolute Gasteiger partial charge is 0.374 e. The van der Waals surface area contributed by atoms with Crippen LogP contribution in [0.25, 0.3) is 0 Å². The van der Waals surface area contributed by atoms with E-state index in [9.17, 15) is 9.18 Å². The van der Waals surface area contributed by atoms with Crippen molar-refractivity contribution in [1.82, 2.24) is 5.32 Å². The highest BCUT2D eigenvalue weighted by Gasteiger charge is 2.21. The van der Waals surface area contributed by atoms with E-state index < -0.39 is 0 Å². The van der Waals surface area contributed by atoms with Gasteiger partial charge in [-0.25, -0.2) is 4.39 Å². The molecule has 1 amide bonds. The van der Waals surface area contributed by atoms with Gasteiger partial charge >= 0.3 is 0 Å². The number of benzene rings is 2. The predicted molar refractivity (Wildman–Crippen MR) is 85.2 cm³/mol. The van der Waals surface area contributed by atoms with E-state index in [0.717, 1.165) is 19.3 Å². The fraction of sp³-hybridized carbons (Fsp3) is 0.278. The molecule has 0 saturated heterocycles. The van der Waals surface area contributed by atoms with Crippen molar-refractivity contribution in [1.29, 1.82) is 0 Å². The number of para-hydroxylation sites is 1. The van der Waals surface area contributed by atoms with Crippen LogP contribution in [0, 0.1) is 5.82 Å². The summed E-state index contributed by atoms with van der Waals surface area (Å²) in [6.07, 6.45) is 3.08. The molecule has 2 aromatic rings. The van der Waals surface area contributed by atoms with Crippen LogP contribution in [0.3, 0.4) is 0 Å². The number of amides is 1. The van der Waals surface area contributed by atoms with Crippen LogP contribution in [0.5, 0.6) is 0 Å². The summed E-state index contributed by atoms with van der Waals surface area (Å²) < 4.78 is 13.5. The lowest BCUT2D eigenvalue weighted by atomic mass is 9.88. The molecule has 1 aliphatic carbocycles. The zero-order valence-electron chi connectivity index (χ0n) is 12.3. The van der Waals surface area contributed by atoms with Crippen molar-refractivity contribution >= 4 is 11.6 Å². The smallest absolute Gasteiger partial charge is 0.239 e. The molecule has 22 heavy (non-hydrogen) atoms. The molecule has 0 radical (unpaired) electrons. The lowest BCUT2D eigenvalue weighted by molar-refractivity contribution is -0.120. The Labute approximate surface area is 129 Å². The third-order valence-corrected chi connectivity index (χ3v) is 4.02. The topological polar surface area (TPSA) is 41.1 Å². The molecule has 0 saturated carbocycles. The Hall–Kier alpha value is -2.36. The second-order valence-electron chi connectivity index (χ2n) is 5.54. The van der Waals surface area contributed by atoms with Crippen LogP contribution in [-0.2, 0) is 11.2 Å². The molecule has 2 aromatic carbocycles. The summed E-state index contributed by atoms with van der Waals surface area (Å²) in [6, 6.07) is 14.6. The summed E-state index contributed by atoms with van der Waals surface area (Å²) in [7, 11) is 0. The van der Waals surface area contributed by atoms with Crippen molar-refractivity contribution in [2.24, 2.45) is 0 Å². The Morgan fingerprint density at radius 1 is 1.14 bits per heavy atom. The zero-order valence-corrected chi connectivity index (χ0v) is 12.3. The normalized spacial score (nSPS) is 16.7. The van der Waals surface area contributed by atoms with Crippen molar-refractivity contribution in [3.05, 3.63) is 65.5 Å². The molecule has 3 nitrogen and oxygen atoms in total. The molecule has 1 unspecified atom stereocenters. The van der Waals surface area contributed by atoms with Gasteiger partial charge in [-0.3, -0.25) is 4.79 Å². The number of nitrogens with one attached hydrogen (secondary N) is 2. The highest BCUT2D eigenvalue weighted by molar-refractivity contribution is 5.81. The minimum atomic E-state index is -0.349. The Balaban J connectivity index is 1.60. The zero-order chi connectivity index (χ0) is 15.4. The standard InChI is InChI=1S/C18H19FN2O/c19-15-9-3-4-10-17(15)20-12-18(22)21-16-11-5-7-13-6-1-2-8-14(13)16/h1-4,6,8-10,16,20H,5,7,11-12H2,(H,21,22). The lowest BCUT2D eigenvalue weighted by Crippen LogP contribution is -2.35. The summed E-state index contributed by atoms with van der Waals surface area (Å²) in [5, 5.41) is 5.88. The predicted octanol–water partition coefficient (Wildman–Crippen LogP) is 3.43. The monoisotopic (exact) mass is 298 g/mol. The van der Waals surface area contributed by atoms with E-state index in [0.29, 0.717) is 5.69 Å². The average Bonchev–Trinajstić information content (AvgIpc) is 2.54. The van der Waals surface area contributed by atoms with Gasteiger partial charge in [0.25, 0.3) is 0 Å². The Morgan fingerprint density at radius 3 is 2.77 bits per heavy atom. The highest BCUT2D eigenvalue weighted by atomic mass is 19.1. The van der Waals surface area contributed by atoms with E-state index in [2.05, 4.69) is 22.8 Å². The maximum absolute atomic E-state index is 13.5. The van der Waals surface area contributed by atoms with Gasteiger partial charge in [-0.15, -0.1) is 0 Å². The summed E-state index contributed by atoms with van der Waals surface area (Å²) in [4.78, 5) is 12.1. The van der Waals surface area contributed by atoms with Crippen molar-refractivity contribution in [2.75, 3.05) is 11.9 Å². The van der Waals surface area contributed by atoms with Crippen LogP contribution >= 0.6 is 0 Å². The number of halogens is 1. The number of carbonyl (C=O) groups excluding carboxylic acids is 1. The second kappa shape index (κ2) is 6.60. The maximum atomic E-state index is 13.5. The molecule has 0 spiro atoms. The average molecular weight is 298 g/mol. The maximum Gasteiger partial charge on any atom is 0.239 e. The van der Waals surface area contributed by atoms with Crippen LogP contribution in [0.4, 0.5) is 10.1 Å². The quantitative estimate of drug-likeness (QED) is 0.908. The first kappa shape index (κ1) is 14.6. The van der Waals surface area contributed by atoms with Gasteiger partial charge in [-0.05, 0) is 42.5 Å². The van der Waals surface area contributed by atoms with Crippen molar-refractivity contribution < 1.29 is 9.18 Å². The summed E-state index contributed by atoms with van der Waals surface area (Å²) >= 11 is 0. The van der Waals surface area contributed by atoms with Gasteiger partial charge < -0.3 is 10.6 Å². The number of fused-ring (bicyclic) bond motifs is 1. The van der Waals surface area contributed by atoms with Crippen LogP contribution in [0.2, 0.25) is 0 Å². The molecule has 0 aromatic heterocycles. The third-order valence-electron chi connectivity index (χ3n) is 4.02. The third kappa shape index (κ3) is 3.27. The molecule has 0 fully saturated rings. The number of aryl methyl sites for hydroxylation is 1. The lowest BCUT2D eigenvalue weighted by Gasteiger charge is -2.26. The number of anilines is 1. The van der Waals surface area contributed by atoms with E-state index >= 15 is 0 Å². The SMILES string of the molecule is O=C(CNc1ccccc1F)NC1CCCc2ccccc21. The molecule has 4 heteroatoms. The van der Waals surface area contributed by atoms with Crippen molar-refractivity contribution in [3.8, 4) is 0 Å². The molecule has 0 bridgehead atoms. The first-order chi connectivity index (χ1) is 10.7. The second-order valence-corrected chi connectivity index (χ2v) is 5.54. The molecule has 0 aliphatic heterocycles. The number of hydrogen-bond acceptors (Lipinski definition) is 2. The van der Waals surface area contributed by atoms with E-state index in [1.165, 1.54) is 17.2 Å².